The number of benzene rings is 2. The number of hydrogen-bond donors (Lipinski definition) is 1. The zero-order chi connectivity index (χ0) is 20.1. The van der Waals surface area contributed by atoms with Crippen molar-refractivity contribution in [3.63, 3.8) is 0 Å². The maximum Gasteiger partial charge on any atom is 0.341 e. The van der Waals surface area contributed by atoms with E-state index in [9.17, 15) is 9.59 Å². The number of carboxylic acids is 1. The summed E-state index contributed by atoms with van der Waals surface area (Å²) in [7, 11) is 1.54. The van der Waals surface area contributed by atoms with Gasteiger partial charge in [0.15, 0.2) is 6.61 Å². The number of aliphatic carboxylic acids is 1. The Kier molecular flexibility index (Phi) is 5.82. The van der Waals surface area contributed by atoms with Crippen molar-refractivity contribution < 1.29 is 28.6 Å². The van der Waals surface area contributed by atoms with Gasteiger partial charge in [-0.05, 0) is 35.9 Å². The van der Waals surface area contributed by atoms with Gasteiger partial charge < -0.3 is 19.5 Å². The quantitative estimate of drug-likeness (QED) is 0.823. The highest BCUT2D eigenvalue weighted by Crippen LogP contribution is 2.38. The van der Waals surface area contributed by atoms with Gasteiger partial charge in [0.2, 0.25) is 0 Å². The minimum atomic E-state index is -1.50. The van der Waals surface area contributed by atoms with Crippen LogP contribution in [0.4, 0.5) is 4.39 Å². The molecule has 2 aromatic rings. The largest absolute Gasteiger partial charge is 0.497 e. The van der Waals surface area contributed by atoms with E-state index >= 15 is 4.39 Å². The second-order valence-corrected chi connectivity index (χ2v) is 6.70. The molecule has 0 radical (unpaired) electrons. The van der Waals surface area contributed by atoms with E-state index in [0.717, 1.165) is 0 Å². The second kappa shape index (κ2) is 8.29. The van der Waals surface area contributed by atoms with Crippen molar-refractivity contribution in [2.75, 3.05) is 26.8 Å². The topological polar surface area (TPSA) is 76.1 Å². The van der Waals surface area contributed by atoms with Crippen molar-refractivity contribution in [1.29, 1.82) is 0 Å². The molecule has 0 unspecified atom stereocenters. The summed E-state index contributed by atoms with van der Waals surface area (Å²) in [4.78, 5) is 25.0. The fourth-order valence-electron chi connectivity index (χ4n) is 3.30. The Labute approximate surface area is 162 Å². The molecule has 0 aromatic heterocycles. The third-order valence-corrected chi connectivity index (χ3v) is 4.87. The number of rotatable bonds is 6. The number of hydrogen-bond acceptors (Lipinski definition) is 4. The maximum absolute atomic E-state index is 15.4. The Bertz CT molecular complexity index is 861. The number of amides is 1. The van der Waals surface area contributed by atoms with E-state index in [1.807, 2.05) is 0 Å². The van der Waals surface area contributed by atoms with Crippen LogP contribution in [0.2, 0.25) is 0 Å². The number of carbonyl (C=O) groups is 2. The maximum atomic E-state index is 15.4. The monoisotopic (exact) mass is 387 g/mol. The Morgan fingerprint density at radius 1 is 1.11 bits per heavy atom. The van der Waals surface area contributed by atoms with Gasteiger partial charge in [-0.3, -0.25) is 4.79 Å². The molecule has 1 fully saturated rings. The van der Waals surface area contributed by atoms with Crippen LogP contribution in [0.15, 0.2) is 48.5 Å². The predicted octanol–water partition coefficient (Wildman–Crippen LogP) is 3.26. The Balaban J connectivity index is 1.66. The molecule has 1 N–H and O–H groups in total. The molecule has 7 heteroatoms. The van der Waals surface area contributed by atoms with Gasteiger partial charge in [0.1, 0.15) is 17.2 Å². The molecule has 1 aliphatic rings. The SMILES string of the molecule is COc1cccc(C2(F)CCN(C(=O)c3cccc(OCC(=O)O)c3)CC2)c1. The summed E-state index contributed by atoms with van der Waals surface area (Å²) in [5.74, 6) is -0.411. The van der Waals surface area contributed by atoms with Crippen LogP contribution in [-0.4, -0.2) is 48.7 Å². The van der Waals surface area contributed by atoms with Crippen LogP contribution in [0.5, 0.6) is 11.5 Å². The van der Waals surface area contributed by atoms with E-state index in [4.69, 9.17) is 14.6 Å². The zero-order valence-corrected chi connectivity index (χ0v) is 15.6. The molecule has 28 heavy (non-hydrogen) atoms. The summed E-state index contributed by atoms with van der Waals surface area (Å²) < 4.78 is 25.7. The first-order valence-corrected chi connectivity index (χ1v) is 8.99. The van der Waals surface area contributed by atoms with Gasteiger partial charge in [-0.15, -0.1) is 0 Å². The van der Waals surface area contributed by atoms with Crippen LogP contribution >= 0.6 is 0 Å². The minimum Gasteiger partial charge on any atom is -0.497 e. The lowest BCUT2D eigenvalue weighted by atomic mass is 9.86. The highest BCUT2D eigenvalue weighted by Gasteiger charge is 2.38. The molecule has 0 atom stereocenters. The first-order chi connectivity index (χ1) is 13.4. The molecule has 2 aromatic carbocycles. The summed E-state index contributed by atoms with van der Waals surface area (Å²) in [6.45, 7) is 0.0891. The smallest absolute Gasteiger partial charge is 0.341 e. The zero-order valence-electron chi connectivity index (χ0n) is 15.6. The molecular formula is C21H22FNO5. The molecule has 148 valence electrons. The number of alkyl halides is 1. The normalized spacial score (nSPS) is 15.7. The summed E-state index contributed by atoms with van der Waals surface area (Å²) in [5, 5.41) is 8.69. The van der Waals surface area contributed by atoms with Crippen LogP contribution in [0.1, 0.15) is 28.8 Å². The Hall–Kier alpha value is -3.09. The number of ether oxygens (including phenoxy) is 2. The summed E-state index contributed by atoms with van der Waals surface area (Å²) in [5.41, 5.74) is -0.559. The van der Waals surface area contributed by atoms with E-state index in [1.165, 1.54) is 6.07 Å². The molecular weight excluding hydrogens is 365 g/mol. The molecule has 1 amide bonds. The van der Waals surface area contributed by atoms with Crippen LogP contribution in [0.25, 0.3) is 0 Å². The molecule has 0 spiro atoms. The average molecular weight is 387 g/mol. The van der Waals surface area contributed by atoms with Crippen LogP contribution in [0.3, 0.4) is 0 Å². The number of carbonyl (C=O) groups excluding carboxylic acids is 1. The van der Waals surface area contributed by atoms with E-state index < -0.39 is 18.2 Å². The Morgan fingerprint density at radius 2 is 1.79 bits per heavy atom. The number of likely N-dealkylation sites (tertiary alicyclic amines) is 1. The number of methoxy groups -OCH3 is 1. The van der Waals surface area contributed by atoms with Gasteiger partial charge in [0, 0.05) is 31.5 Å². The van der Waals surface area contributed by atoms with Gasteiger partial charge >= 0.3 is 5.97 Å². The van der Waals surface area contributed by atoms with Gasteiger partial charge in [-0.25, -0.2) is 9.18 Å². The third kappa shape index (κ3) is 4.42. The minimum absolute atomic E-state index is 0.196. The molecule has 1 aliphatic heterocycles. The van der Waals surface area contributed by atoms with Crippen LogP contribution in [0, 0.1) is 0 Å². The molecule has 0 aliphatic carbocycles. The third-order valence-electron chi connectivity index (χ3n) is 4.87. The van der Waals surface area contributed by atoms with Crippen molar-refractivity contribution in [2.24, 2.45) is 0 Å². The summed E-state index contributed by atoms with van der Waals surface area (Å²) >= 11 is 0. The van der Waals surface area contributed by atoms with Gasteiger partial charge in [-0.2, -0.15) is 0 Å². The average Bonchev–Trinajstić information content (AvgIpc) is 2.72. The van der Waals surface area contributed by atoms with E-state index in [0.29, 0.717) is 22.6 Å². The number of halogens is 1. The number of nitrogens with zero attached hydrogens (tertiary/aromatic N) is 1. The molecule has 0 bridgehead atoms. The lowest BCUT2D eigenvalue weighted by molar-refractivity contribution is -0.139. The van der Waals surface area contributed by atoms with Crippen molar-refractivity contribution >= 4 is 11.9 Å². The highest BCUT2D eigenvalue weighted by atomic mass is 19.1. The molecule has 6 nitrogen and oxygen atoms in total. The standard InChI is InChI=1S/C21H22FNO5/c1-27-17-6-3-5-16(13-17)21(22)8-10-23(11-9-21)20(26)15-4-2-7-18(12-15)28-14-19(24)25/h2-7,12-13H,8-11,14H2,1H3,(H,24,25). The summed E-state index contributed by atoms with van der Waals surface area (Å²) in [6.07, 6.45) is 0.391. The second-order valence-electron chi connectivity index (χ2n) is 6.70. The van der Waals surface area contributed by atoms with Crippen molar-refractivity contribution in [3.8, 4) is 11.5 Å². The van der Waals surface area contributed by atoms with E-state index in [1.54, 1.807) is 54.5 Å². The first-order valence-electron chi connectivity index (χ1n) is 8.99. The number of piperidine rings is 1. The highest BCUT2D eigenvalue weighted by molar-refractivity contribution is 5.94. The van der Waals surface area contributed by atoms with Crippen molar-refractivity contribution in [1.82, 2.24) is 4.90 Å². The molecule has 0 saturated carbocycles. The lowest BCUT2D eigenvalue weighted by Gasteiger charge is -2.37. The van der Waals surface area contributed by atoms with Crippen molar-refractivity contribution in [2.45, 2.75) is 18.5 Å². The fraction of sp³-hybridized carbons (Fsp3) is 0.333. The van der Waals surface area contributed by atoms with Gasteiger partial charge in [0.05, 0.1) is 7.11 Å². The fourth-order valence-corrected chi connectivity index (χ4v) is 3.30. The molecule has 3 rings (SSSR count). The predicted molar refractivity (Wildman–Crippen MR) is 100 cm³/mol. The van der Waals surface area contributed by atoms with E-state index in [2.05, 4.69) is 0 Å². The Morgan fingerprint density at radius 3 is 2.46 bits per heavy atom. The van der Waals surface area contributed by atoms with Crippen LogP contribution < -0.4 is 9.47 Å². The molecule has 1 heterocycles. The van der Waals surface area contributed by atoms with Crippen LogP contribution in [-0.2, 0) is 10.5 Å². The first kappa shape index (κ1) is 19.7. The van der Waals surface area contributed by atoms with Gasteiger partial charge in [-0.1, -0.05) is 18.2 Å². The van der Waals surface area contributed by atoms with E-state index in [-0.39, 0.29) is 31.8 Å². The molecule has 1 saturated heterocycles. The lowest BCUT2D eigenvalue weighted by Crippen LogP contribution is -2.43. The van der Waals surface area contributed by atoms with Gasteiger partial charge in [0.25, 0.3) is 5.91 Å². The summed E-state index contributed by atoms with van der Waals surface area (Å²) in [6, 6.07) is 13.3. The number of carboxylic acid groups (broad SMARTS) is 1. The van der Waals surface area contributed by atoms with Crippen molar-refractivity contribution in [3.05, 3.63) is 59.7 Å².